The molecule has 0 heterocycles. The minimum absolute atomic E-state index is 0.168. The molecule has 1 nitrogen and oxygen atoms in total. The van der Waals surface area contributed by atoms with E-state index in [1.807, 2.05) is 26.0 Å². The van der Waals surface area contributed by atoms with Gasteiger partial charge < -0.3 is 5.11 Å². The third-order valence-corrected chi connectivity index (χ3v) is 1.38. The van der Waals surface area contributed by atoms with Crippen LogP contribution in [0.15, 0.2) is 23.8 Å². The van der Waals surface area contributed by atoms with E-state index in [1.165, 1.54) is 5.57 Å². The zero-order valence-electron chi connectivity index (χ0n) is 6.80. The molecule has 0 bridgehead atoms. The largest absolute Gasteiger partial charge is 0.392 e. The molecule has 0 radical (unpaired) electrons. The van der Waals surface area contributed by atoms with Crippen molar-refractivity contribution >= 4 is 0 Å². The zero-order chi connectivity index (χ0) is 7.82. The Bertz CT molecular complexity index is 123. The third-order valence-electron chi connectivity index (χ3n) is 1.38. The molecular formula is C9H16O. The third kappa shape index (κ3) is 5.57. The van der Waals surface area contributed by atoms with Crippen LogP contribution in [0.3, 0.4) is 0 Å². The Kier molecular flexibility index (Phi) is 6.19. The molecule has 0 saturated carbocycles. The summed E-state index contributed by atoms with van der Waals surface area (Å²) in [6.45, 7) is 4.23. The van der Waals surface area contributed by atoms with Crippen LogP contribution >= 0.6 is 0 Å². The first-order valence-corrected chi connectivity index (χ1v) is 3.69. The lowest BCUT2D eigenvalue weighted by Gasteiger charge is -1.94. The fourth-order valence-electron chi connectivity index (χ4n) is 0.736. The molecule has 1 heteroatoms. The maximum absolute atomic E-state index is 8.50. The average molecular weight is 140 g/mol. The number of hydrogen-bond acceptors (Lipinski definition) is 1. The highest BCUT2D eigenvalue weighted by Gasteiger charge is 1.84. The summed E-state index contributed by atoms with van der Waals surface area (Å²) in [5.74, 6) is 0. The second-order valence-corrected chi connectivity index (χ2v) is 2.34. The van der Waals surface area contributed by atoms with Gasteiger partial charge in [0.1, 0.15) is 0 Å². The van der Waals surface area contributed by atoms with Crippen molar-refractivity contribution in [2.75, 3.05) is 6.61 Å². The van der Waals surface area contributed by atoms with Crippen molar-refractivity contribution in [2.45, 2.75) is 26.7 Å². The van der Waals surface area contributed by atoms with Crippen molar-refractivity contribution in [3.63, 3.8) is 0 Å². The summed E-state index contributed by atoms with van der Waals surface area (Å²) >= 11 is 0. The minimum atomic E-state index is 0.168. The summed E-state index contributed by atoms with van der Waals surface area (Å²) in [5, 5.41) is 8.50. The molecule has 0 rings (SSSR count). The van der Waals surface area contributed by atoms with Crippen LogP contribution in [0, 0.1) is 0 Å². The highest BCUT2D eigenvalue weighted by atomic mass is 16.2. The van der Waals surface area contributed by atoms with Crippen LogP contribution in [-0.4, -0.2) is 11.7 Å². The Morgan fingerprint density at radius 3 is 2.70 bits per heavy atom. The lowest BCUT2D eigenvalue weighted by atomic mass is 10.1. The molecule has 0 saturated heterocycles. The van der Waals surface area contributed by atoms with Crippen LogP contribution < -0.4 is 0 Å². The molecule has 0 unspecified atom stereocenters. The fraction of sp³-hybridized carbons (Fsp3) is 0.556. The predicted octanol–water partition coefficient (Wildman–Crippen LogP) is 2.28. The van der Waals surface area contributed by atoms with Crippen molar-refractivity contribution in [3.8, 4) is 0 Å². The quantitative estimate of drug-likeness (QED) is 0.594. The topological polar surface area (TPSA) is 20.2 Å². The van der Waals surface area contributed by atoms with Gasteiger partial charge in [-0.25, -0.2) is 0 Å². The van der Waals surface area contributed by atoms with Gasteiger partial charge in [0.25, 0.3) is 0 Å². The summed E-state index contributed by atoms with van der Waals surface area (Å²) in [6.07, 6.45) is 8.17. The molecule has 0 aromatic heterocycles. The van der Waals surface area contributed by atoms with Crippen LogP contribution in [0.25, 0.3) is 0 Å². The number of aliphatic hydroxyl groups excluding tert-OH is 1. The summed E-state index contributed by atoms with van der Waals surface area (Å²) in [6, 6.07) is 0. The van der Waals surface area contributed by atoms with Gasteiger partial charge in [-0.1, -0.05) is 23.8 Å². The van der Waals surface area contributed by atoms with Crippen molar-refractivity contribution < 1.29 is 5.11 Å². The molecule has 0 aliphatic rings. The van der Waals surface area contributed by atoms with Crippen molar-refractivity contribution in [3.05, 3.63) is 23.8 Å². The Balaban J connectivity index is 3.38. The molecule has 0 aromatic rings. The summed E-state index contributed by atoms with van der Waals surface area (Å²) in [5.41, 5.74) is 1.26. The first-order chi connectivity index (χ1) is 4.81. The van der Waals surface area contributed by atoms with Crippen molar-refractivity contribution in [1.29, 1.82) is 0 Å². The smallest absolute Gasteiger partial charge is 0.0614 e. The summed E-state index contributed by atoms with van der Waals surface area (Å²) < 4.78 is 0. The Hall–Kier alpha value is -0.560. The highest BCUT2D eigenvalue weighted by Crippen LogP contribution is 2.03. The van der Waals surface area contributed by atoms with Crippen molar-refractivity contribution in [2.24, 2.45) is 0 Å². The predicted molar refractivity (Wildman–Crippen MR) is 44.9 cm³/mol. The fourth-order valence-corrected chi connectivity index (χ4v) is 0.736. The second-order valence-electron chi connectivity index (χ2n) is 2.34. The van der Waals surface area contributed by atoms with Crippen LogP contribution in [0.2, 0.25) is 0 Å². The number of hydrogen-bond donors (Lipinski definition) is 1. The van der Waals surface area contributed by atoms with Crippen molar-refractivity contribution in [1.82, 2.24) is 0 Å². The molecule has 0 atom stereocenters. The van der Waals surface area contributed by atoms with E-state index < -0.39 is 0 Å². The van der Waals surface area contributed by atoms with E-state index in [1.54, 1.807) is 0 Å². The monoisotopic (exact) mass is 140 g/mol. The maximum atomic E-state index is 8.50. The van der Waals surface area contributed by atoms with Gasteiger partial charge in [-0.2, -0.15) is 0 Å². The van der Waals surface area contributed by atoms with Gasteiger partial charge in [-0.3, -0.25) is 0 Å². The lowest BCUT2D eigenvalue weighted by molar-refractivity contribution is 0.341. The molecule has 1 N–H and O–H groups in total. The van der Waals surface area contributed by atoms with Gasteiger partial charge in [0.15, 0.2) is 0 Å². The Labute approximate surface area is 63.1 Å². The molecular weight excluding hydrogens is 124 g/mol. The summed E-state index contributed by atoms with van der Waals surface area (Å²) in [7, 11) is 0. The van der Waals surface area contributed by atoms with Gasteiger partial charge in [-0.05, 0) is 26.7 Å². The van der Waals surface area contributed by atoms with Gasteiger partial charge in [0.2, 0.25) is 0 Å². The molecule has 0 aliphatic carbocycles. The SMILES string of the molecule is C/C=C/CC/C(C)=C\CO. The molecule has 0 amide bonds. The van der Waals surface area contributed by atoms with E-state index in [9.17, 15) is 0 Å². The first-order valence-electron chi connectivity index (χ1n) is 3.69. The van der Waals surface area contributed by atoms with E-state index in [0.717, 1.165) is 12.8 Å². The van der Waals surface area contributed by atoms with Crippen LogP contribution in [0.5, 0.6) is 0 Å². The molecule has 0 aliphatic heterocycles. The van der Waals surface area contributed by atoms with Crippen LogP contribution in [0.4, 0.5) is 0 Å². The minimum Gasteiger partial charge on any atom is -0.392 e. The molecule has 0 spiro atoms. The van der Waals surface area contributed by atoms with E-state index >= 15 is 0 Å². The molecule has 0 aromatic carbocycles. The number of rotatable bonds is 4. The normalized spacial score (nSPS) is 12.9. The maximum Gasteiger partial charge on any atom is 0.0614 e. The number of allylic oxidation sites excluding steroid dienone is 3. The van der Waals surface area contributed by atoms with Crippen LogP contribution in [-0.2, 0) is 0 Å². The Morgan fingerprint density at radius 2 is 2.20 bits per heavy atom. The molecule has 0 fully saturated rings. The van der Waals surface area contributed by atoms with Gasteiger partial charge in [0, 0.05) is 0 Å². The van der Waals surface area contributed by atoms with Gasteiger partial charge in [-0.15, -0.1) is 0 Å². The Morgan fingerprint density at radius 1 is 1.50 bits per heavy atom. The van der Waals surface area contributed by atoms with E-state index in [0.29, 0.717) is 0 Å². The van der Waals surface area contributed by atoms with E-state index in [2.05, 4.69) is 6.08 Å². The zero-order valence-corrected chi connectivity index (χ0v) is 6.80. The van der Waals surface area contributed by atoms with Crippen LogP contribution in [0.1, 0.15) is 26.7 Å². The standard InChI is InChI=1S/C9H16O/c1-3-4-5-6-9(2)7-8-10/h3-4,7,10H,5-6,8H2,1-2H3/b4-3+,9-7-. The van der Waals surface area contributed by atoms with E-state index in [4.69, 9.17) is 5.11 Å². The highest BCUT2D eigenvalue weighted by molar-refractivity contribution is 4.99. The molecule has 58 valence electrons. The van der Waals surface area contributed by atoms with E-state index in [-0.39, 0.29) is 6.61 Å². The summed E-state index contributed by atoms with van der Waals surface area (Å²) in [4.78, 5) is 0. The van der Waals surface area contributed by atoms with Gasteiger partial charge >= 0.3 is 0 Å². The van der Waals surface area contributed by atoms with Gasteiger partial charge in [0.05, 0.1) is 6.61 Å². The average Bonchev–Trinajstić information content (AvgIpc) is 1.89. The first kappa shape index (κ1) is 9.44. The molecule has 10 heavy (non-hydrogen) atoms. The number of aliphatic hydroxyl groups is 1. The second kappa shape index (κ2) is 6.56. The lowest BCUT2D eigenvalue weighted by Crippen LogP contribution is -1.79.